The maximum atomic E-state index is 4.36. The molecule has 4 nitrogen and oxygen atoms in total. The van der Waals surface area contributed by atoms with Gasteiger partial charge < -0.3 is 0 Å². The van der Waals surface area contributed by atoms with E-state index in [4.69, 9.17) is 0 Å². The van der Waals surface area contributed by atoms with Crippen LogP contribution < -0.4 is 0 Å². The molecular weight excluding hydrogens is 508 g/mol. The van der Waals surface area contributed by atoms with Crippen molar-refractivity contribution in [2.45, 2.75) is 5.33 Å². The maximum absolute atomic E-state index is 4.36. The molecule has 0 amide bonds. The Bertz CT molecular complexity index is 724. The zero-order valence-corrected chi connectivity index (χ0v) is 16.6. The molecule has 0 aliphatic rings. The Balaban J connectivity index is 2.09. The predicted molar refractivity (Wildman–Crippen MR) is 82.5 cm³/mol. The Labute approximate surface area is 141 Å². The quantitative estimate of drug-likeness (QED) is 0.396. The van der Waals surface area contributed by atoms with E-state index in [1.54, 1.807) is 2.61 Å². The summed E-state index contributed by atoms with van der Waals surface area (Å²) in [6, 6.07) is 16.7. The van der Waals surface area contributed by atoms with Gasteiger partial charge in [-0.15, -0.1) is 0 Å². The fourth-order valence-electron chi connectivity index (χ4n) is 2.04. The monoisotopic (exact) mass is 518 g/mol. The molecule has 0 unspecified atom stereocenters. The van der Waals surface area contributed by atoms with E-state index in [1.807, 2.05) is 18.2 Å². The van der Waals surface area contributed by atoms with E-state index in [0.29, 0.717) is 31.9 Å². The van der Waals surface area contributed by atoms with Gasteiger partial charge in [-0.2, -0.15) is 0 Å². The number of tetrazole rings is 1. The van der Waals surface area contributed by atoms with Gasteiger partial charge in [-0.3, -0.25) is 0 Å². The molecule has 0 fully saturated rings. The predicted octanol–water partition coefficient (Wildman–Crippen LogP) is 2.83. The Kier molecular flexibility index (Phi) is 4.25. The first-order chi connectivity index (χ1) is 9.78. The topological polar surface area (TPSA) is 43.6 Å². The van der Waals surface area contributed by atoms with Crippen LogP contribution in [0.15, 0.2) is 48.5 Å². The summed E-state index contributed by atoms with van der Waals surface area (Å²) in [5.74, 6) is 0.688. The Morgan fingerprint density at radius 2 is 1.70 bits per heavy atom. The van der Waals surface area contributed by atoms with Gasteiger partial charge in [-0.25, -0.2) is 0 Å². The molecule has 0 aliphatic heterocycles. The van der Waals surface area contributed by atoms with Crippen LogP contribution >= 0.6 is 15.9 Å². The first kappa shape index (κ1) is 13.9. The molecule has 1 aromatic heterocycles. The summed E-state index contributed by atoms with van der Waals surface area (Å²) in [5, 5.41) is 13.3. The number of halogens is 1. The Morgan fingerprint density at radius 1 is 1.00 bits per heavy atom. The third-order valence-electron chi connectivity index (χ3n) is 3.02. The number of alkyl halides is 1. The van der Waals surface area contributed by atoms with Crippen LogP contribution in [-0.4, -0.2) is 44.1 Å². The van der Waals surface area contributed by atoms with Crippen molar-refractivity contribution in [3.8, 4) is 22.5 Å². The molecule has 0 saturated heterocycles. The molecule has 0 spiro atoms. The first-order valence-corrected chi connectivity index (χ1v) is 9.20. The van der Waals surface area contributed by atoms with Crippen molar-refractivity contribution in [2.24, 2.45) is 0 Å². The summed E-state index contributed by atoms with van der Waals surface area (Å²) >= 11 is 4.00. The van der Waals surface area contributed by atoms with E-state index < -0.39 is 0 Å². The zero-order valence-electron chi connectivity index (χ0n) is 10.6. The number of aromatic nitrogens is 4. The first-order valence-electron chi connectivity index (χ1n) is 6.07. The number of nitrogens with zero attached hydrogens (tertiary/aromatic N) is 4. The molecule has 2 aromatic carbocycles. The second-order valence-corrected chi connectivity index (χ2v) is 6.67. The summed E-state index contributed by atoms with van der Waals surface area (Å²) in [5.41, 5.74) is 4.58. The van der Waals surface area contributed by atoms with Gasteiger partial charge >= 0.3 is 142 Å². The van der Waals surface area contributed by atoms with Crippen molar-refractivity contribution in [1.82, 2.24) is 18.0 Å². The van der Waals surface area contributed by atoms with Gasteiger partial charge in [0.1, 0.15) is 0 Å². The number of benzene rings is 2. The van der Waals surface area contributed by atoms with Crippen LogP contribution in [0.4, 0.5) is 0 Å². The van der Waals surface area contributed by atoms with Crippen molar-refractivity contribution in [1.29, 1.82) is 0 Å². The van der Waals surface area contributed by atoms with Crippen LogP contribution in [0, 0.1) is 0 Å². The van der Waals surface area contributed by atoms with Gasteiger partial charge in [0.05, 0.1) is 0 Å². The van der Waals surface area contributed by atoms with Crippen molar-refractivity contribution in [3.63, 3.8) is 0 Å². The third kappa shape index (κ3) is 2.83. The average molecular weight is 519 g/mol. The fourth-order valence-corrected chi connectivity index (χ4v) is 3.04. The normalized spacial score (nSPS) is 10.6. The van der Waals surface area contributed by atoms with E-state index in [-0.39, 0.29) is 0 Å². The number of hydrogen-bond acceptors (Lipinski definition) is 3. The van der Waals surface area contributed by atoms with Crippen LogP contribution in [0.1, 0.15) is 5.56 Å². The standard InChI is InChI=1S/C14H10BrN4.Tl/c15-9-10-5-7-11(8-6-10)12-3-1-2-4-13(12)14-16-18-19-17-14;/h1-8H,9H2;/q-1;+1. The van der Waals surface area contributed by atoms with Crippen molar-refractivity contribution in [2.75, 3.05) is 0 Å². The van der Waals surface area contributed by atoms with Gasteiger partial charge in [-0.05, 0) is 0 Å². The van der Waals surface area contributed by atoms with E-state index in [1.165, 1.54) is 5.56 Å². The zero-order chi connectivity index (χ0) is 13.9. The molecule has 0 radical (unpaired) electrons. The van der Waals surface area contributed by atoms with Crippen LogP contribution in [0.25, 0.3) is 22.5 Å². The molecule has 1 heterocycles. The molecule has 0 aliphatic carbocycles. The van der Waals surface area contributed by atoms with E-state index in [9.17, 15) is 0 Å². The van der Waals surface area contributed by atoms with Crippen molar-refractivity contribution >= 4 is 42.0 Å². The molecule has 0 saturated carbocycles. The minimum absolute atomic E-state index is 0.534. The summed E-state index contributed by atoms with van der Waals surface area (Å²) in [7, 11) is 0. The van der Waals surface area contributed by atoms with Gasteiger partial charge in [0.2, 0.25) is 0 Å². The summed E-state index contributed by atoms with van der Waals surface area (Å²) in [6.45, 7) is 0. The second-order valence-electron chi connectivity index (χ2n) is 4.31. The number of hydrogen-bond donors (Lipinski definition) is 0. The molecule has 3 aromatic rings. The molecule has 6 heteroatoms. The van der Waals surface area contributed by atoms with Gasteiger partial charge in [0, 0.05) is 0 Å². The molecule has 0 bridgehead atoms. The Hall–Kier alpha value is -1.09. The molecule has 0 atom stereocenters. The summed E-state index contributed by atoms with van der Waals surface area (Å²) < 4.78 is 1.64. The number of rotatable bonds is 3. The van der Waals surface area contributed by atoms with Gasteiger partial charge in [-0.1, -0.05) is 0 Å². The molecule has 96 valence electrons. The van der Waals surface area contributed by atoms with Crippen molar-refractivity contribution < 1.29 is 0 Å². The van der Waals surface area contributed by atoms with E-state index in [2.05, 4.69) is 61.7 Å². The Morgan fingerprint density at radius 3 is 2.30 bits per heavy atom. The van der Waals surface area contributed by atoms with E-state index >= 15 is 0 Å². The van der Waals surface area contributed by atoms with Crippen LogP contribution in [0.5, 0.6) is 0 Å². The molecule has 0 N–H and O–H groups in total. The molecular formula is C14H10BrN4Tl. The molecule has 3 rings (SSSR count). The second kappa shape index (κ2) is 6.13. The summed E-state index contributed by atoms with van der Waals surface area (Å²) in [6.07, 6.45) is 0. The fraction of sp³-hybridized carbons (Fsp3) is 0.0714. The van der Waals surface area contributed by atoms with Crippen molar-refractivity contribution in [3.05, 3.63) is 54.1 Å². The third-order valence-corrected chi connectivity index (χ3v) is 4.51. The van der Waals surface area contributed by atoms with Crippen LogP contribution in [0.2, 0.25) is 0 Å². The SMILES string of the molecule is BrCc1ccc(-c2ccccc2-c2nn[n]([Tl])n2)cc1. The van der Waals surface area contributed by atoms with Crippen LogP contribution in [-0.2, 0) is 5.33 Å². The van der Waals surface area contributed by atoms with Gasteiger partial charge in [0.15, 0.2) is 0 Å². The summed E-state index contributed by atoms with van der Waals surface area (Å²) in [4.78, 5) is 0. The van der Waals surface area contributed by atoms with E-state index in [0.717, 1.165) is 22.0 Å². The van der Waals surface area contributed by atoms with Crippen LogP contribution in [0.3, 0.4) is 0 Å². The molecule has 20 heavy (non-hydrogen) atoms. The average Bonchev–Trinajstić information content (AvgIpc) is 2.94. The minimum atomic E-state index is 0.534. The van der Waals surface area contributed by atoms with Gasteiger partial charge in [0.25, 0.3) is 0 Å².